The summed E-state index contributed by atoms with van der Waals surface area (Å²) in [6.07, 6.45) is 10.2. The molecular weight excluding hydrogens is 655 g/mol. The van der Waals surface area contributed by atoms with Gasteiger partial charge in [-0.15, -0.1) is 0 Å². The average molecular weight is 694 g/mol. The molecule has 3 aromatic heterocycles. The monoisotopic (exact) mass is 693 g/mol. The standard InChI is InChI=1S/C37H39N7O5S/c45-31-11-9-28(10-12-31)41-36-33(34-14-13-32(23-39-34)50(47,48)44-17-19-49-20-18-44)24-40-37(43-36)42-29-6-3-25(4-7-29)5-8-30-22-27(15-16-38-30)35(46)21-26-1-2-26/h3-4,6-7,13-16,22-24,26,28,31,45H,1-2,9-12,17-21H2,(H2,40,41,42,43). The first-order valence-electron chi connectivity index (χ1n) is 17.0. The minimum Gasteiger partial charge on any atom is -0.393 e. The number of nitrogens with zero attached hydrogens (tertiary/aromatic N) is 5. The summed E-state index contributed by atoms with van der Waals surface area (Å²) < 4.78 is 33.0. The molecule has 0 amide bonds. The topological polar surface area (TPSA) is 160 Å². The summed E-state index contributed by atoms with van der Waals surface area (Å²) in [6.45, 7) is 1.35. The maximum Gasteiger partial charge on any atom is 0.244 e. The molecule has 2 saturated carbocycles. The van der Waals surface area contributed by atoms with E-state index in [1.54, 1.807) is 36.7 Å². The Labute approximate surface area is 291 Å². The molecule has 2 aliphatic carbocycles. The number of aliphatic hydroxyl groups is 1. The molecule has 1 aliphatic heterocycles. The Hall–Kier alpha value is -4.74. The maximum absolute atomic E-state index is 13.1. The van der Waals surface area contributed by atoms with Gasteiger partial charge in [0.2, 0.25) is 16.0 Å². The molecule has 258 valence electrons. The molecule has 0 atom stereocenters. The van der Waals surface area contributed by atoms with Crippen molar-refractivity contribution in [3.63, 3.8) is 0 Å². The number of ether oxygens (including phenoxy) is 1. The summed E-state index contributed by atoms with van der Waals surface area (Å²) in [5.74, 6) is 7.79. The van der Waals surface area contributed by atoms with Crippen LogP contribution in [0.5, 0.6) is 0 Å². The van der Waals surface area contributed by atoms with Crippen LogP contribution >= 0.6 is 0 Å². The molecule has 1 saturated heterocycles. The van der Waals surface area contributed by atoms with Gasteiger partial charge in [0.05, 0.1) is 30.6 Å². The number of aliphatic hydroxyl groups excluding tert-OH is 1. The van der Waals surface area contributed by atoms with Crippen LogP contribution in [0.15, 0.2) is 72.0 Å². The van der Waals surface area contributed by atoms with E-state index in [2.05, 4.69) is 37.4 Å². The summed E-state index contributed by atoms with van der Waals surface area (Å²) in [5, 5.41) is 16.8. The lowest BCUT2D eigenvalue weighted by atomic mass is 9.93. The second-order valence-corrected chi connectivity index (χ2v) is 14.9. The minimum atomic E-state index is -3.68. The lowest BCUT2D eigenvalue weighted by Crippen LogP contribution is -2.40. The Morgan fingerprint density at radius 2 is 1.70 bits per heavy atom. The van der Waals surface area contributed by atoms with Gasteiger partial charge in [0.15, 0.2) is 5.78 Å². The zero-order valence-electron chi connectivity index (χ0n) is 27.6. The fourth-order valence-electron chi connectivity index (χ4n) is 6.06. The van der Waals surface area contributed by atoms with Crippen LogP contribution in [0.3, 0.4) is 0 Å². The highest BCUT2D eigenvalue weighted by Crippen LogP contribution is 2.34. The van der Waals surface area contributed by atoms with Gasteiger partial charge in [-0.25, -0.2) is 18.4 Å². The van der Waals surface area contributed by atoms with Crippen LogP contribution < -0.4 is 10.6 Å². The van der Waals surface area contributed by atoms with Gasteiger partial charge in [-0.1, -0.05) is 5.92 Å². The van der Waals surface area contributed by atoms with E-state index < -0.39 is 10.0 Å². The Morgan fingerprint density at radius 3 is 2.42 bits per heavy atom. The molecule has 0 spiro atoms. The summed E-state index contributed by atoms with van der Waals surface area (Å²) in [7, 11) is -3.68. The van der Waals surface area contributed by atoms with Crippen LogP contribution in [0.2, 0.25) is 0 Å². The third-order valence-electron chi connectivity index (χ3n) is 9.18. The normalized spacial score (nSPS) is 19.6. The number of ketones is 1. The fourth-order valence-corrected chi connectivity index (χ4v) is 7.41. The number of hydrogen-bond acceptors (Lipinski definition) is 11. The van der Waals surface area contributed by atoms with Gasteiger partial charge in [-0.05, 0) is 98.9 Å². The third-order valence-corrected chi connectivity index (χ3v) is 11.1. The van der Waals surface area contributed by atoms with Gasteiger partial charge in [0.1, 0.15) is 16.4 Å². The van der Waals surface area contributed by atoms with E-state index in [-0.39, 0.29) is 22.8 Å². The van der Waals surface area contributed by atoms with Crippen LogP contribution in [0.4, 0.5) is 17.5 Å². The molecule has 4 aromatic rings. The predicted molar refractivity (Wildman–Crippen MR) is 188 cm³/mol. The van der Waals surface area contributed by atoms with E-state index in [0.717, 1.165) is 36.9 Å². The first-order chi connectivity index (χ1) is 24.3. The van der Waals surface area contributed by atoms with Gasteiger partial charge in [-0.3, -0.25) is 9.78 Å². The number of aromatic nitrogens is 4. The number of morpholine rings is 1. The van der Waals surface area contributed by atoms with Crippen molar-refractivity contribution in [1.82, 2.24) is 24.2 Å². The lowest BCUT2D eigenvalue weighted by Gasteiger charge is -2.27. The maximum atomic E-state index is 13.1. The molecule has 1 aromatic carbocycles. The number of sulfonamides is 1. The van der Waals surface area contributed by atoms with E-state index in [9.17, 15) is 18.3 Å². The van der Waals surface area contributed by atoms with E-state index in [1.807, 2.05) is 24.3 Å². The molecule has 50 heavy (non-hydrogen) atoms. The SMILES string of the molecule is O=C(CC1CC1)c1ccnc(C#Cc2ccc(Nc3ncc(-c4ccc(S(=O)(=O)N5CCOCC5)cn4)c(NC4CCC(O)CC4)n3)cc2)c1. The van der Waals surface area contributed by atoms with Crippen LogP contribution in [0.1, 0.15) is 66.6 Å². The molecule has 4 heterocycles. The molecule has 0 unspecified atom stereocenters. The number of benzene rings is 1. The fraction of sp³-hybridized carbons (Fsp3) is 0.378. The van der Waals surface area contributed by atoms with Crippen LogP contribution in [-0.4, -0.2) is 82.0 Å². The Morgan fingerprint density at radius 1 is 0.920 bits per heavy atom. The average Bonchev–Trinajstić information content (AvgIpc) is 3.97. The molecule has 0 bridgehead atoms. The van der Waals surface area contributed by atoms with Crippen molar-refractivity contribution in [3.8, 4) is 23.1 Å². The van der Waals surface area contributed by atoms with Gasteiger partial charge < -0.3 is 20.5 Å². The van der Waals surface area contributed by atoms with E-state index in [0.29, 0.717) is 85.8 Å². The van der Waals surface area contributed by atoms with E-state index in [1.165, 1.54) is 10.5 Å². The molecular formula is C37H39N7O5S. The van der Waals surface area contributed by atoms with Crippen molar-refractivity contribution in [2.75, 3.05) is 36.9 Å². The number of Topliss-reactive ketones (excluding diaryl/α,β-unsaturated/α-hetero) is 1. The van der Waals surface area contributed by atoms with Crippen LogP contribution in [0, 0.1) is 17.8 Å². The molecule has 3 fully saturated rings. The third kappa shape index (κ3) is 8.34. The summed E-state index contributed by atoms with van der Waals surface area (Å²) in [4.78, 5) is 30.8. The van der Waals surface area contributed by atoms with Gasteiger partial charge in [0, 0.05) is 61.0 Å². The van der Waals surface area contributed by atoms with Crippen molar-refractivity contribution >= 4 is 33.3 Å². The molecule has 3 N–H and O–H groups in total. The summed E-state index contributed by atoms with van der Waals surface area (Å²) in [5.41, 5.74) is 3.92. The predicted octanol–water partition coefficient (Wildman–Crippen LogP) is 4.80. The van der Waals surface area contributed by atoms with E-state index >= 15 is 0 Å². The number of carbonyl (C=O) groups is 1. The number of carbonyl (C=O) groups excluding carboxylic acids is 1. The number of anilines is 3. The Bertz CT molecular complexity index is 1990. The van der Waals surface area contributed by atoms with Crippen LogP contribution in [0.25, 0.3) is 11.3 Å². The van der Waals surface area contributed by atoms with Crippen molar-refractivity contribution in [3.05, 3.63) is 83.9 Å². The molecule has 13 heteroatoms. The highest BCUT2D eigenvalue weighted by molar-refractivity contribution is 7.89. The van der Waals surface area contributed by atoms with Crippen molar-refractivity contribution in [2.24, 2.45) is 5.92 Å². The summed E-state index contributed by atoms with van der Waals surface area (Å²) in [6, 6.07) is 14.4. The number of hydrogen-bond donors (Lipinski definition) is 3. The molecule has 7 rings (SSSR count). The second kappa shape index (κ2) is 15.0. The Kier molecular flexibility index (Phi) is 10.1. The number of nitrogens with one attached hydrogen (secondary N) is 2. The lowest BCUT2D eigenvalue weighted by molar-refractivity contribution is 0.0730. The largest absolute Gasteiger partial charge is 0.393 e. The van der Waals surface area contributed by atoms with Gasteiger partial charge >= 0.3 is 0 Å². The first kappa shape index (κ1) is 33.7. The minimum absolute atomic E-state index is 0.102. The smallest absolute Gasteiger partial charge is 0.244 e. The molecule has 0 radical (unpaired) electrons. The van der Waals surface area contributed by atoms with Gasteiger partial charge in [0.25, 0.3) is 0 Å². The first-order valence-corrected chi connectivity index (χ1v) is 18.5. The summed E-state index contributed by atoms with van der Waals surface area (Å²) >= 11 is 0. The number of pyridine rings is 2. The highest BCUT2D eigenvalue weighted by atomic mass is 32.2. The van der Waals surface area contributed by atoms with Crippen molar-refractivity contribution in [2.45, 2.75) is 62.0 Å². The highest BCUT2D eigenvalue weighted by Gasteiger charge is 2.28. The second-order valence-electron chi connectivity index (χ2n) is 13.0. The van der Waals surface area contributed by atoms with Crippen molar-refractivity contribution in [1.29, 1.82) is 0 Å². The quantitative estimate of drug-likeness (QED) is 0.155. The van der Waals surface area contributed by atoms with E-state index in [4.69, 9.17) is 9.72 Å². The molecule has 12 nitrogen and oxygen atoms in total. The Balaban J connectivity index is 1.07. The zero-order valence-corrected chi connectivity index (χ0v) is 28.4. The van der Waals surface area contributed by atoms with Crippen molar-refractivity contribution < 1.29 is 23.1 Å². The molecule has 3 aliphatic rings. The van der Waals surface area contributed by atoms with Crippen LogP contribution in [-0.2, 0) is 14.8 Å². The van der Waals surface area contributed by atoms with Gasteiger partial charge in [-0.2, -0.15) is 9.29 Å². The zero-order chi connectivity index (χ0) is 34.5. The number of rotatable bonds is 10.